The summed E-state index contributed by atoms with van der Waals surface area (Å²) >= 11 is 0. The fourth-order valence-corrected chi connectivity index (χ4v) is 2.75. The van der Waals surface area contributed by atoms with E-state index >= 15 is 0 Å². The van der Waals surface area contributed by atoms with Crippen LogP contribution in [0.4, 0.5) is 5.69 Å². The molecule has 0 spiro atoms. The summed E-state index contributed by atoms with van der Waals surface area (Å²) in [6.07, 6.45) is 0.620. The minimum Gasteiger partial charge on any atom is -0.396 e. The Morgan fingerprint density at radius 1 is 1.13 bits per heavy atom. The summed E-state index contributed by atoms with van der Waals surface area (Å²) in [5, 5.41) is 12.9. The van der Waals surface area contributed by atoms with Gasteiger partial charge in [0.15, 0.2) is 0 Å². The lowest BCUT2D eigenvalue weighted by Gasteiger charge is -2.07. The molecule has 1 aromatic heterocycles. The van der Waals surface area contributed by atoms with Crippen molar-refractivity contribution in [2.75, 3.05) is 11.9 Å². The average Bonchev–Trinajstić information content (AvgIpc) is 2.84. The molecule has 0 radical (unpaired) electrons. The number of hydrogen-bond acceptors (Lipinski definition) is 2. The second-order valence-electron chi connectivity index (χ2n) is 5.73. The molecule has 0 aliphatic rings. The minimum absolute atomic E-state index is 0.124. The van der Waals surface area contributed by atoms with Gasteiger partial charge in [-0.25, -0.2) is 0 Å². The molecule has 118 valence electrons. The first kappa shape index (κ1) is 15.3. The van der Waals surface area contributed by atoms with Crippen LogP contribution in [0.1, 0.15) is 27.2 Å². The zero-order valence-corrected chi connectivity index (χ0v) is 13.3. The molecular formula is C19H20N2O2. The van der Waals surface area contributed by atoms with Gasteiger partial charge in [-0.1, -0.05) is 24.3 Å². The summed E-state index contributed by atoms with van der Waals surface area (Å²) in [7, 11) is 0. The molecular weight excluding hydrogens is 288 g/mol. The van der Waals surface area contributed by atoms with E-state index in [2.05, 4.69) is 17.2 Å². The van der Waals surface area contributed by atoms with Crippen molar-refractivity contribution in [3.05, 3.63) is 64.8 Å². The van der Waals surface area contributed by atoms with E-state index in [9.17, 15) is 4.79 Å². The number of aromatic nitrogens is 1. The first-order valence-corrected chi connectivity index (χ1v) is 7.69. The van der Waals surface area contributed by atoms with Crippen LogP contribution >= 0.6 is 0 Å². The zero-order chi connectivity index (χ0) is 16.4. The number of carbonyl (C=O) groups excluding carboxylic acids is 1. The molecule has 0 aliphatic heterocycles. The van der Waals surface area contributed by atoms with E-state index in [4.69, 9.17) is 5.11 Å². The van der Waals surface area contributed by atoms with Gasteiger partial charge in [0.1, 0.15) is 0 Å². The van der Waals surface area contributed by atoms with Crippen molar-refractivity contribution in [2.24, 2.45) is 0 Å². The Hall–Kier alpha value is -2.59. The molecule has 0 aliphatic carbocycles. The standard InChI is InChI=1S/C19H20N2O2/c1-12-13(2)20-18-16(12)4-3-5-17(18)19(23)21-15-8-6-14(7-9-15)10-11-22/h3-9,20,22H,10-11H2,1-2H3,(H,21,23). The summed E-state index contributed by atoms with van der Waals surface area (Å²) in [5.41, 5.74) is 5.54. The van der Waals surface area contributed by atoms with Gasteiger partial charge in [0.2, 0.25) is 0 Å². The fourth-order valence-electron chi connectivity index (χ4n) is 2.75. The highest BCUT2D eigenvalue weighted by Gasteiger charge is 2.14. The number of aliphatic hydroxyl groups is 1. The number of nitrogens with one attached hydrogen (secondary N) is 2. The van der Waals surface area contributed by atoms with Gasteiger partial charge in [-0.15, -0.1) is 0 Å². The second-order valence-corrected chi connectivity index (χ2v) is 5.73. The predicted molar refractivity (Wildman–Crippen MR) is 93.0 cm³/mol. The van der Waals surface area contributed by atoms with Crippen LogP contribution in [-0.4, -0.2) is 22.6 Å². The van der Waals surface area contributed by atoms with Gasteiger partial charge < -0.3 is 15.4 Å². The van der Waals surface area contributed by atoms with Crippen molar-refractivity contribution < 1.29 is 9.90 Å². The Morgan fingerprint density at radius 2 is 1.87 bits per heavy atom. The third kappa shape index (κ3) is 2.98. The summed E-state index contributed by atoms with van der Waals surface area (Å²) in [5.74, 6) is -0.133. The van der Waals surface area contributed by atoms with Crippen LogP contribution in [0.2, 0.25) is 0 Å². The Kier molecular flexibility index (Phi) is 4.17. The quantitative estimate of drug-likeness (QED) is 0.690. The van der Waals surface area contributed by atoms with Gasteiger partial charge in [-0.3, -0.25) is 4.79 Å². The van der Waals surface area contributed by atoms with E-state index in [0.717, 1.165) is 27.8 Å². The van der Waals surface area contributed by atoms with Crippen molar-refractivity contribution in [2.45, 2.75) is 20.3 Å². The molecule has 3 N–H and O–H groups in total. The maximum atomic E-state index is 12.6. The summed E-state index contributed by atoms with van der Waals surface area (Å²) in [4.78, 5) is 15.9. The van der Waals surface area contributed by atoms with E-state index in [0.29, 0.717) is 12.0 Å². The highest BCUT2D eigenvalue weighted by atomic mass is 16.2. The van der Waals surface area contributed by atoms with Gasteiger partial charge in [0, 0.05) is 23.4 Å². The number of anilines is 1. The lowest BCUT2D eigenvalue weighted by atomic mass is 10.1. The number of amides is 1. The van der Waals surface area contributed by atoms with Crippen molar-refractivity contribution in [1.29, 1.82) is 0 Å². The number of hydrogen-bond donors (Lipinski definition) is 3. The van der Waals surface area contributed by atoms with E-state index in [1.807, 2.05) is 49.4 Å². The number of carbonyl (C=O) groups is 1. The summed E-state index contributed by atoms with van der Waals surface area (Å²) < 4.78 is 0. The molecule has 1 heterocycles. The number of H-pyrrole nitrogens is 1. The third-order valence-corrected chi connectivity index (χ3v) is 4.20. The highest BCUT2D eigenvalue weighted by Crippen LogP contribution is 2.25. The largest absolute Gasteiger partial charge is 0.396 e. The SMILES string of the molecule is Cc1[nH]c2c(C(=O)Nc3ccc(CCO)cc3)cccc2c1C. The Bertz CT molecular complexity index is 848. The lowest BCUT2D eigenvalue weighted by molar-refractivity contribution is 0.102. The van der Waals surface area contributed by atoms with Gasteiger partial charge in [-0.05, 0) is 49.6 Å². The first-order valence-electron chi connectivity index (χ1n) is 7.69. The summed E-state index contributed by atoms with van der Waals surface area (Å²) in [6, 6.07) is 13.3. The molecule has 0 bridgehead atoms. The molecule has 1 amide bonds. The monoisotopic (exact) mass is 308 g/mol. The fraction of sp³-hybridized carbons (Fsp3) is 0.211. The number of para-hydroxylation sites is 1. The average molecular weight is 308 g/mol. The maximum Gasteiger partial charge on any atom is 0.257 e. The number of rotatable bonds is 4. The van der Waals surface area contributed by atoms with Crippen LogP contribution in [0.5, 0.6) is 0 Å². The topological polar surface area (TPSA) is 65.1 Å². The van der Waals surface area contributed by atoms with E-state index < -0.39 is 0 Å². The van der Waals surface area contributed by atoms with E-state index in [1.165, 1.54) is 5.56 Å². The number of benzene rings is 2. The minimum atomic E-state index is -0.133. The molecule has 3 rings (SSSR count). The molecule has 0 saturated carbocycles. The molecule has 3 aromatic rings. The van der Waals surface area contributed by atoms with E-state index in [-0.39, 0.29) is 12.5 Å². The molecule has 4 nitrogen and oxygen atoms in total. The zero-order valence-electron chi connectivity index (χ0n) is 13.3. The van der Waals surface area contributed by atoms with Gasteiger partial charge in [0.25, 0.3) is 5.91 Å². The Labute approximate surface area is 135 Å². The van der Waals surface area contributed by atoms with Crippen LogP contribution < -0.4 is 5.32 Å². The van der Waals surface area contributed by atoms with Gasteiger partial charge in [-0.2, -0.15) is 0 Å². The van der Waals surface area contributed by atoms with Crippen LogP contribution in [0.3, 0.4) is 0 Å². The predicted octanol–water partition coefficient (Wildman–Crippen LogP) is 3.57. The molecule has 0 unspecified atom stereocenters. The van der Waals surface area contributed by atoms with E-state index in [1.54, 1.807) is 0 Å². The first-order chi connectivity index (χ1) is 11.1. The number of aryl methyl sites for hydroxylation is 2. The van der Waals surface area contributed by atoms with Gasteiger partial charge in [0.05, 0.1) is 11.1 Å². The van der Waals surface area contributed by atoms with Crippen molar-refractivity contribution in [3.8, 4) is 0 Å². The molecule has 23 heavy (non-hydrogen) atoms. The van der Waals surface area contributed by atoms with Crippen LogP contribution in [-0.2, 0) is 6.42 Å². The third-order valence-electron chi connectivity index (χ3n) is 4.20. The maximum absolute atomic E-state index is 12.6. The number of aliphatic hydroxyl groups excluding tert-OH is 1. The molecule has 0 fully saturated rings. The van der Waals surface area contributed by atoms with Crippen molar-refractivity contribution in [1.82, 2.24) is 4.98 Å². The van der Waals surface area contributed by atoms with Crippen LogP contribution in [0.15, 0.2) is 42.5 Å². The van der Waals surface area contributed by atoms with Crippen LogP contribution in [0, 0.1) is 13.8 Å². The van der Waals surface area contributed by atoms with Crippen LogP contribution in [0.25, 0.3) is 10.9 Å². The molecule has 4 heteroatoms. The highest BCUT2D eigenvalue weighted by molar-refractivity contribution is 6.12. The Morgan fingerprint density at radius 3 is 2.57 bits per heavy atom. The number of aromatic amines is 1. The molecule has 2 aromatic carbocycles. The van der Waals surface area contributed by atoms with Gasteiger partial charge >= 0.3 is 0 Å². The molecule has 0 atom stereocenters. The lowest BCUT2D eigenvalue weighted by Crippen LogP contribution is -2.12. The number of fused-ring (bicyclic) bond motifs is 1. The summed E-state index contributed by atoms with van der Waals surface area (Å²) in [6.45, 7) is 4.19. The second kappa shape index (κ2) is 6.26. The normalized spacial score (nSPS) is 10.9. The van der Waals surface area contributed by atoms with Crippen molar-refractivity contribution in [3.63, 3.8) is 0 Å². The molecule has 0 saturated heterocycles. The smallest absolute Gasteiger partial charge is 0.257 e. The Balaban J connectivity index is 1.87. The van der Waals surface area contributed by atoms with Crippen molar-refractivity contribution >= 4 is 22.5 Å².